The van der Waals surface area contributed by atoms with Crippen LogP contribution in [0.4, 0.5) is 0 Å². The van der Waals surface area contributed by atoms with E-state index < -0.39 is 5.41 Å². The summed E-state index contributed by atoms with van der Waals surface area (Å²) in [5, 5.41) is 19.7. The highest BCUT2D eigenvalue weighted by Crippen LogP contribution is 2.45. The Hall–Kier alpha value is -1.90. The number of carbonyl (C=O) groups is 1. The molecule has 6 nitrogen and oxygen atoms in total. The molecule has 1 aliphatic carbocycles. The molecular formula is C12H17N5O. The summed E-state index contributed by atoms with van der Waals surface area (Å²) in [6, 6.07) is 2.15. The zero-order chi connectivity index (χ0) is 13.2. The van der Waals surface area contributed by atoms with Crippen LogP contribution in [0.1, 0.15) is 32.5 Å². The van der Waals surface area contributed by atoms with Crippen LogP contribution in [0.3, 0.4) is 0 Å². The van der Waals surface area contributed by atoms with Crippen molar-refractivity contribution in [2.75, 3.05) is 0 Å². The number of hydrogen-bond donors (Lipinski definition) is 1. The average Bonchev–Trinajstić information content (AvgIpc) is 2.79. The Kier molecular flexibility index (Phi) is 3.32. The fraction of sp³-hybridized carbons (Fsp3) is 0.667. The number of aromatic nitrogens is 3. The zero-order valence-corrected chi connectivity index (χ0v) is 10.7. The Balaban J connectivity index is 1.95. The van der Waals surface area contributed by atoms with Crippen LogP contribution in [0.2, 0.25) is 0 Å². The minimum atomic E-state index is -0.823. The molecule has 1 fully saturated rings. The number of hydrogen-bond acceptors (Lipinski definition) is 4. The van der Waals surface area contributed by atoms with Gasteiger partial charge < -0.3 is 9.88 Å². The van der Waals surface area contributed by atoms with Gasteiger partial charge in [-0.2, -0.15) is 5.26 Å². The van der Waals surface area contributed by atoms with Crippen molar-refractivity contribution in [2.45, 2.75) is 39.8 Å². The van der Waals surface area contributed by atoms with Crippen molar-refractivity contribution in [2.24, 2.45) is 11.3 Å². The lowest BCUT2D eigenvalue weighted by Crippen LogP contribution is -2.48. The van der Waals surface area contributed by atoms with Gasteiger partial charge in [-0.15, -0.1) is 10.2 Å². The molecule has 0 bridgehead atoms. The van der Waals surface area contributed by atoms with Gasteiger partial charge in [0, 0.05) is 6.54 Å². The van der Waals surface area contributed by atoms with Gasteiger partial charge in [0.2, 0.25) is 5.91 Å². The molecule has 0 saturated heterocycles. The predicted molar refractivity (Wildman–Crippen MR) is 64.0 cm³/mol. The summed E-state index contributed by atoms with van der Waals surface area (Å²) in [4.78, 5) is 12.0. The molecule has 1 N–H and O–H groups in total. The third kappa shape index (κ3) is 2.08. The molecule has 1 aromatic rings. The van der Waals surface area contributed by atoms with E-state index in [-0.39, 0.29) is 5.91 Å². The van der Waals surface area contributed by atoms with Crippen LogP contribution in [0.25, 0.3) is 0 Å². The van der Waals surface area contributed by atoms with Crippen molar-refractivity contribution in [1.82, 2.24) is 20.1 Å². The first-order chi connectivity index (χ1) is 8.61. The lowest BCUT2D eigenvalue weighted by molar-refractivity contribution is -0.134. The molecule has 0 atom stereocenters. The Bertz CT molecular complexity index is 481. The van der Waals surface area contributed by atoms with E-state index in [4.69, 9.17) is 5.26 Å². The van der Waals surface area contributed by atoms with Crippen molar-refractivity contribution in [3.8, 4) is 6.07 Å². The van der Waals surface area contributed by atoms with Crippen LogP contribution >= 0.6 is 0 Å². The standard InChI is InChI=1S/C12H17N5O/c1-3-17-8-15-16-10(17)6-14-11(18)12(7-13)4-9(2)5-12/h8-9H,3-6H2,1-2H3,(H,14,18). The number of nitriles is 1. The summed E-state index contributed by atoms with van der Waals surface area (Å²) >= 11 is 0. The molecule has 0 aromatic carbocycles. The zero-order valence-electron chi connectivity index (χ0n) is 10.7. The number of nitrogens with one attached hydrogen (secondary N) is 1. The fourth-order valence-electron chi connectivity index (χ4n) is 2.47. The van der Waals surface area contributed by atoms with Gasteiger partial charge in [-0.1, -0.05) is 6.92 Å². The molecule has 0 unspecified atom stereocenters. The molecule has 1 heterocycles. The van der Waals surface area contributed by atoms with Gasteiger partial charge in [0.1, 0.15) is 11.7 Å². The Morgan fingerprint density at radius 2 is 2.44 bits per heavy atom. The molecule has 2 rings (SSSR count). The quantitative estimate of drug-likeness (QED) is 0.855. The highest BCUT2D eigenvalue weighted by atomic mass is 16.2. The van der Waals surface area contributed by atoms with Crippen LogP contribution in [0.5, 0.6) is 0 Å². The maximum atomic E-state index is 12.0. The summed E-state index contributed by atoms with van der Waals surface area (Å²) < 4.78 is 1.86. The maximum Gasteiger partial charge on any atom is 0.240 e. The Morgan fingerprint density at radius 3 is 3.00 bits per heavy atom. The van der Waals surface area contributed by atoms with E-state index in [1.165, 1.54) is 0 Å². The molecule has 18 heavy (non-hydrogen) atoms. The second-order valence-electron chi connectivity index (χ2n) is 4.92. The molecule has 0 spiro atoms. The van der Waals surface area contributed by atoms with Gasteiger partial charge in [-0.05, 0) is 25.7 Å². The summed E-state index contributed by atoms with van der Waals surface area (Å²) in [7, 11) is 0. The van der Waals surface area contributed by atoms with Crippen LogP contribution < -0.4 is 5.32 Å². The highest BCUT2D eigenvalue weighted by molar-refractivity contribution is 5.86. The minimum Gasteiger partial charge on any atom is -0.347 e. The number of nitrogens with zero attached hydrogens (tertiary/aromatic N) is 4. The third-order valence-electron chi connectivity index (χ3n) is 3.49. The fourth-order valence-corrected chi connectivity index (χ4v) is 2.47. The predicted octanol–water partition coefficient (Wildman–Crippen LogP) is 0.854. The van der Waals surface area contributed by atoms with Gasteiger partial charge in [-0.25, -0.2) is 0 Å². The largest absolute Gasteiger partial charge is 0.347 e. The summed E-state index contributed by atoms with van der Waals surface area (Å²) in [5.41, 5.74) is -0.823. The summed E-state index contributed by atoms with van der Waals surface area (Å²) in [6.07, 6.45) is 2.93. The third-order valence-corrected chi connectivity index (χ3v) is 3.49. The van der Waals surface area contributed by atoms with Crippen molar-refractivity contribution in [1.29, 1.82) is 5.26 Å². The first kappa shape index (κ1) is 12.6. The minimum absolute atomic E-state index is 0.186. The van der Waals surface area contributed by atoms with E-state index in [2.05, 4.69) is 28.5 Å². The molecule has 1 amide bonds. The molecule has 6 heteroatoms. The highest BCUT2D eigenvalue weighted by Gasteiger charge is 2.48. The molecule has 1 saturated carbocycles. The Morgan fingerprint density at radius 1 is 1.72 bits per heavy atom. The van der Waals surface area contributed by atoms with E-state index in [1.807, 2.05) is 11.5 Å². The van der Waals surface area contributed by atoms with E-state index in [0.29, 0.717) is 31.1 Å². The van der Waals surface area contributed by atoms with Gasteiger partial charge in [-0.3, -0.25) is 4.79 Å². The van der Waals surface area contributed by atoms with Gasteiger partial charge in [0.05, 0.1) is 12.6 Å². The van der Waals surface area contributed by atoms with E-state index in [9.17, 15) is 4.79 Å². The number of carbonyl (C=O) groups excluding carboxylic acids is 1. The van der Waals surface area contributed by atoms with Gasteiger partial charge >= 0.3 is 0 Å². The lowest BCUT2D eigenvalue weighted by atomic mass is 9.63. The number of amides is 1. The van der Waals surface area contributed by atoms with Crippen LogP contribution in [0, 0.1) is 22.7 Å². The molecule has 0 aliphatic heterocycles. The summed E-state index contributed by atoms with van der Waals surface area (Å²) in [5.74, 6) is 0.981. The van der Waals surface area contributed by atoms with Gasteiger partial charge in [0.15, 0.2) is 5.82 Å². The van der Waals surface area contributed by atoms with E-state index in [1.54, 1.807) is 6.33 Å². The maximum absolute atomic E-state index is 12.0. The molecule has 1 aromatic heterocycles. The normalized spacial score (nSPS) is 26.2. The van der Waals surface area contributed by atoms with E-state index >= 15 is 0 Å². The van der Waals surface area contributed by atoms with Crippen LogP contribution in [-0.4, -0.2) is 20.7 Å². The van der Waals surface area contributed by atoms with E-state index in [0.717, 1.165) is 6.54 Å². The average molecular weight is 247 g/mol. The number of aryl methyl sites for hydroxylation is 1. The SMILES string of the molecule is CCn1cnnc1CNC(=O)C1(C#N)CC(C)C1. The van der Waals surface area contributed by atoms with Crippen LogP contribution in [-0.2, 0) is 17.9 Å². The summed E-state index contributed by atoms with van der Waals surface area (Å²) in [6.45, 7) is 5.12. The van der Waals surface area contributed by atoms with Crippen molar-refractivity contribution in [3.63, 3.8) is 0 Å². The monoisotopic (exact) mass is 247 g/mol. The van der Waals surface area contributed by atoms with Crippen molar-refractivity contribution in [3.05, 3.63) is 12.2 Å². The second kappa shape index (κ2) is 4.77. The molecule has 96 valence electrons. The smallest absolute Gasteiger partial charge is 0.240 e. The molecule has 0 radical (unpaired) electrons. The molecular weight excluding hydrogens is 230 g/mol. The van der Waals surface area contributed by atoms with Gasteiger partial charge in [0.25, 0.3) is 0 Å². The Labute approximate surface area is 106 Å². The molecule has 1 aliphatic rings. The van der Waals surface area contributed by atoms with Crippen molar-refractivity contribution < 1.29 is 4.79 Å². The first-order valence-corrected chi connectivity index (χ1v) is 6.17. The second-order valence-corrected chi connectivity index (χ2v) is 4.92. The number of rotatable bonds is 4. The van der Waals surface area contributed by atoms with Crippen molar-refractivity contribution >= 4 is 5.91 Å². The topological polar surface area (TPSA) is 83.6 Å². The van der Waals surface area contributed by atoms with Crippen LogP contribution in [0.15, 0.2) is 6.33 Å². The first-order valence-electron chi connectivity index (χ1n) is 6.17. The lowest BCUT2D eigenvalue weighted by Gasteiger charge is -2.39.